The van der Waals surface area contributed by atoms with E-state index in [2.05, 4.69) is 26.2 Å². The van der Waals surface area contributed by atoms with Crippen molar-refractivity contribution >= 4 is 33.2 Å². The molecule has 0 saturated carbocycles. The molecule has 0 aliphatic rings. The number of anilines is 1. The number of hydrogen-bond donors (Lipinski definition) is 1. The van der Waals surface area contributed by atoms with Crippen LogP contribution < -0.4 is 10.1 Å². The Morgan fingerprint density at radius 3 is 2.81 bits per heavy atom. The Labute approximate surface area is 128 Å². The van der Waals surface area contributed by atoms with Crippen LogP contribution in [0, 0.1) is 10.1 Å². The molecule has 108 valence electrons. The van der Waals surface area contributed by atoms with E-state index in [-0.39, 0.29) is 17.0 Å². The Kier molecular flexibility index (Phi) is 4.49. The van der Waals surface area contributed by atoms with Crippen molar-refractivity contribution in [3.63, 3.8) is 0 Å². The van der Waals surface area contributed by atoms with Crippen LogP contribution in [0.25, 0.3) is 0 Å². The highest BCUT2D eigenvalue weighted by molar-refractivity contribution is 9.10. The average Bonchev–Trinajstić information content (AvgIpc) is 2.48. The first-order valence-corrected chi connectivity index (χ1v) is 6.56. The molecule has 0 saturated heterocycles. The van der Waals surface area contributed by atoms with Gasteiger partial charge in [0.05, 0.1) is 17.7 Å². The number of carbonyl (C=O) groups is 1. The number of nitrogens with zero attached hydrogens (tertiary/aromatic N) is 2. The number of nitro benzene ring substituents is 1. The predicted octanol–water partition coefficient (Wildman–Crippen LogP) is 3.01. The van der Waals surface area contributed by atoms with Gasteiger partial charge in [-0.2, -0.15) is 0 Å². The molecule has 0 atom stereocenters. The lowest BCUT2D eigenvalue weighted by Gasteiger charge is -2.07. The number of carbonyl (C=O) groups excluding carboxylic acids is 1. The smallest absolute Gasteiger partial charge is 0.311 e. The maximum absolute atomic E-state index is 12.1. The van der Waals surface area contributed by atoms with Crippen LogP contribution in [-0.2, 0) is 0 Å². The van der Waals surface area contributed by atoms with Gasteiger partial charge in [-0.1, -0.05) is 0 Å². The molecule has 0 bridgehead atoms. The van der Waals surface area contributed by atoms with Gasteiger partial charge in [0.1, 0.15) is 4.60 Å². The molecular formula is C13H10BrN3O4. The van der Waals surface area contributed by atoms with Crippen molar-refractivity contribution in [2.45, 2.75) is 0 Å². The van der Waals surface area contributed by atoms with Gasteiger partial charge in [-0.05, 0) is 40.2 Å². The molecule has 0 spiro atoms. The van der Waals surface area contributed by atoms with Gasteiger partial charge in [0.15, 0.2) is 5.75 Å². The molecule has 2 aromatic rings. The molecule has 0 unspecified atom stereocenters. The molecule has 0 radical (unpaired) electrons. The van der Waals surface area contributed by atoms with Gasteiger partial charge < -0.3 is 10.1 Å². The molecule has 1 aromatic heterocycles. The number of benzene rings is 1. The third kappa shape index (κ3) is 3.34. The van der Waals surface area contributed by atoms with Gasteiger partial charge in [0.2, 0.25) is 0 Å². The van der Waals surface area contributed by atoms with Crippen molar-refractivity contribution in [2.24, 2.45) is 0 Å². The highest BCUT2D eigenvalue weighted by atomic mass is 79.9. The van der Waals surface area contributed by atoms with Crippen molar-refractivity contribution < 1.29 is 14.5 Å². The van der Waals surface area contributed by atoms with Gasteiger partial charge in [-0.25, -0.2) is 4.98 Å². The highest BCUT2D eigenvalue weighted by Crippen LogP contribution is 2.28. The molecule has 0 aliphatic carbocycles. The quantitative estimate of drug-likeness (QED) is 0.519. The monoisotopic (exact) mass is 351 g/mol. The largest absolute Gasteiger partial charge is 0.490 e. The molecule has 0 aliphatic heterocycles. The van der Waals surface area contributed by atoms with E-state index in [0.29, 0.717) is 10.3 Å². The van der Waals surface area contributed by atoms with Crippen LogP contribution in [-0.4, -0.2) is 22.9 Å². The van der Waals surface area contributed by atoms with Crippen molar-refractivity contribution in [2.75, 3.05) is 12.4 Å². The number of rotatable bonds is 4. The minimum atomic E-state index is -0.602. The molecule has 2 rings (SSSR count). The molecule has 1 N–H and O–H groups in total. The number of aromatic nitrogens is 1. The van der Waals surface area contributed by atoms with Gasteiger partial charge >= 0.3 is 5.69 Å². The fourth-order valence-electron chi connectivity index (χ4n) is 1.65. The number of halogens is 1. The van der Waals surface area contributed by atoms with Crippen LogP contribution >= 0.6 is 15.9 Å². The summed E-state index contributed by atoms with van der Waals surface area (Å²) in [4.78, 5) is 26.4. The van der Waals surface area contributed by atoms with E-state index >= 15 is 0 Å². The zero-order chi connectivity index (χ0) is 15.4. The van der Waals surface area contributed by atoms with Crippen molar-refractivity contribution in [3.8, 4) is 5.75 Å². The number of hydrogen-bond acceptors (Lipinski definition) is 5. The number of pyridine rings is 1. The van der Waals surface area contributed by atoms with Crippen LogP contribution in [0.3, 0.4) is 0 Å². The van der Waals surface area contributed by atoms with Gasteiger partial charge in [0.25, 0.3) is 5.91 Å². The predicted molar refractivity (Wildman–Crippen MR) is 79.5 cm³/mol. The van der Waals surface area contributed by atoms with Crippen molar-refractivity contribution in [1.82, 2.24) is 4.98 Å². The summed E-state index contributed by atoms with van der Waals surface area (Å²) >= 11 is 3.20. The average molecular weight is 352 g/mol. The summed E-state index contributed by atoms with van der Waals surface area (Å²) in [6.45, 7) is 0. The Hall–Kier alpha value is -2.48. The number of amides is 1. The Balaban J connectivity index is 2.30. The van der Waals surface area contributed by atoms with Gasteiger partial charge in [-0.15, -0.1) is 0 Å². The lowest BCUT2D eigenvalue weighted by atomic mass is 10.1. The van der Waals surface area contributed by atoms with E-state index in [1.165, 1.54) is 25.3 Å². The number of ether oxygens (including phenoxy) is 1. The molecule has 21 heavy (non-hydrogen) atoms. The van der Waals surface area contributed by atoms with Crippen molar-refractivity contribution in [3.05, 3.63) is 56.8 Å². The number of nitro groups is 1. The van der Waals surface area contributed by atoms with Crippen molar-refractivity contribution in [1.29, 1.82) is 0 Å². The summed E-state index contributed by atoms with van der Waals surface area (Å²) in [5, 5.41) is 13.6. The minimum Gasteiger partial charge on any atom is -0.490 e. The van der Waals surface area contributed by atoms with Crippen LogP contribution in [0.1, 0.15) is 10.4 Å². The Morgan fingerprint density at radius 1 is 1.43 bits per heavy atom. The summed E-state index contributed by atoms with van der Waals surface area (Å²) in [6, 6.07) is 7.32. The minimum absolute atomic E-state index is 0.0964. The number of nitrogens with one attached hydrogen (secondary N) is 1. The molecular weight excluding hydrogens is 342 g/mol. The SMILES string of the molecule is COc1ccc(C(=O)Nc2cccnc2Br)cc1[N+](=O)[O-]. The third-order valence-corrected chi connectivity index (χ3v) is 3.28. The summed E-state index contributed by atoms with van der Waals surface area (Å²) in [6.07, 6.45) is 1.57. The topological polar surface area (TPSA) is 94.4 Å². The lowest BCUT2D eigenvalue weighted by Crippen LogP contribution is -2.13. The van der Waals surface area contributed by atoms with E-state index in [4.69, 9.17) is 4.74 Å². The summed E-state index contributed by atoms with van der Waals surface area (Å²) < 4.78 is 5.36. The molecule has 8 heteroatoms. The first-order valence-electron chi connectivity index (χ1n) is 5.77. The maximum Gasteiger partial charge on any atom is 0.311 e. The normalized spacial score (nSPS) is 10.0. The van der Waals surface area contributed by atoms with E-state index in [1.807, 2.05) is 0 Å². The molecule has 1 heterocycles. The first kappa shape index (κ1) is 14.9. The standard InChI is InChI=1S/C13H10BrN3O4/c1-21-11-5-4-8(7-10(11)17(19)20)13(18)16-9-3-2-6-15-12(9)14/h2-7H,1H3,(H,16,18). The molecule has 1 aromatic carbocycles. The lowest BCUT2D eigenvalue weighted by molar-refractivity contribution is -0.385. The van der Waals surface area contributed by atoms with Gasteiger partial charge in [0, 0.05) is 17.8 Å². The zero-order valence-corrected chi connectivity index (χ0v) is 12.5. The van der Waals surface area contributed by atoms with Crippen LogP contribution in [0.2, 0.25) is 0 Å². The Morgan fingerprint density at radius 2 is 2.19 bits per heavy atom. The molecule has 0 fully saturated rings. The summed E-state index contributed by atoms with van der Waals surface area (Å²) in [5.41, 5.74) is 0.356. The summed E-state index contributed by atoms with van der Waals surface area (Å²) in [5.74, 6) is -0.381. The molecule has 7 nitrogen and oxygen atoms in total. The van der Waals surface area contributed by atoms with Crippen LogP contribution in [0.5, 0.6) is 5.75 Å². The second-order valence-corrected chi connectivity index (χ2v) is 4.69. The maximum atomic E-state index is 12.1. The van der Waals surface area contributed by atoms with E-state index in [1.54, 1.807) is 18.3 Å². The Bertz CT molecular complexity index is 706. The van der Waals surface area contributed by atoms with Crippen LogP contribution in [0.4, 0.5) is 11.4 Å². The number of methoxy groups -OCH3 is 1. The molecule has 1 amide bonds. The van der Waals surface area contributed by atoms with Crippen LogP contribution in [0.15, 0.2) is 41.1 Å². The van der Waals surface area contributed by atoms with E-state index < -0.39 is 10.8 Å². The summed E-state index contributed by atoms with van der Waals surface area (Å²) in [7, 11) is 1.33. The zero-order valence-electron chi connectivity index (χ0n) is 10.9. The second kappa shape index (κ2) is 6.31. The first-order chi connectivity index (χ1) is 10.0. The van der Waals surface area contributed by atoms with E-state index in [9.17, 15) is 14.9 Å². The second-order valence-electron chi connectivity index (χ2n) is 3.94. The van der Waals surface area contributed by atoms with Gasteiger partial charge in [-0.3, -0.25) is 14.9 Å². The highest BCUT2D eigenvalue weighted by Gasteiger charge is 2.18. The van der Waals surface area contributed by atoms with E-state index in [0.717, 1.165) is 0 Å². The fraction of sp³-hybridized carbons (Fsp3) is 0.0769. The fourth-order valence-corrected chi connectivity index (χ4v) is 2.00. The third-order valence-electron chi connectivity index (χ3n) is 2.65.